The largest absolute Gasteiger partial charge is 0.245 e. The Labute approximate surface area is 75.1 Å². The summed E-state index contributed by atoms with van der Waals surface area (Å²) in [7, 11) is 0. The van der Waals surface area contributed by atoms with Crippen LogP contribution in [0.15, 0.2) is 29.8 Å². The van der Waals surface area contributed by atoms with E-state index in [1.54, 1.807) is 17.4 Å². The molecule has 0 aliphatic carbocycles. The molecular weight excluding hydrogens is 168 g/mol. The van der Waals surface area contributed by atoms with Gasteiger partial charge >= 0.3 is 0 Å². The monoisotopic (exact) mass is 176 g/mol. The third kappa shape index (κ3) is 2.04. The summed E-state index contributed by atoms with van der Waals surface area (Å²) in [5, 5.41) is 7.32. The van der Waals surface area contributed by atoms with Crippen LogP contribution in [0.4, 0.5) is 0 Å². The molecule has 2 aromatic rings. The van der Waals surface area contributed by atoms with E-state index in [-0.39, 0.29) is 0 Å². The van der Waals surface area contributed by atoms with Crippen molar-refractivity contribution in [1.29, 1.82) is 5.26 Å². The molecule has 0 saturated heterocycles. The maximum atomic E-state index is 7.32. The van der Waals surface area contributed by atoms with Crippen LogP contribution in [0, 0.1) is 11.3 Å². The first kappa shape index (κ1) is 8.69. The van der Waals surface area contributed by atoms with E-state index in [0.717, 1.165) is 5.52 Å². The SMILES string of the molecule is CC#N.c1ccc2scnc2c1. The normalized spacial score (nSPS) is 8.33. The van der Waals surface area contributed by atoms with Crippen LogP contribution >= 0.6 is 11.3 Å². The van der Waals surface area contributed by atoms with Gasteiger partial charge in [0.25, 0.3) is 0 Å². The van der Waals surface area contributed by atoms with Gasteiger partial charge in [-0.3, -0.25) is 0 Å². The van der Waals surface area contributed by atoms with Gasteiger partial charge in [-0.2, -0.15) is 5.26 Å². The molecule has 2 nitrogen and oxygen atoms in total. The van der Waals surface area contributed by atoms with Crippen molar-refractivity contribution < 1.29 is 0 Å². The van der Waals surface area contributed by atoms with Gasteiger partial charge in [-0.1, -0.05) is 12.1 Å². The lowest BCUT2D eigenvalue weighted by Crippen LogP contribution is -1.61. The molecule has 0 N–H and O–H groups in total. The van der Waals surface area contributed by atoms with Crippen LogP contribution in [0.5, 0.6) is 0 Å². The van der Waals surface area contributed by atoms with Gasteiger partial charge in [-0.25, -0.2) is 4.98 Å². The number of fused-ring (bicyclic) bond motifs is 1. The zero-order chi connectivity index (χ0) is 8.81. The minimum absolute atomic E-state index is 1.10. The highest BCUT2D eigenvalue weighted by atomic mass is 32.1. The van der Waals surface area contributed by atoms with Gasteiger partial charge in [0.15, 0.2) is 0 Å². The minimum Gasteiger partial charge on any atom is -0.245 e. The standard InChI is InChI=1S/C7H5NS.C2H3N/c1-2-4-7-6(3-1)8-5-9-7;1-2-3/h1-5H;1H3. The van der Waals surface area contributed by atoms with Crippen LogP contribution in [0.1, 0.15) is 6.92 Å². The average molecular weight is 176 g/mol. The highest BCUT2D eigenvalue weighted by Gasteiger charge is 1.89. The Bertz CT molecular complexity index is 356. The maximum Gasteiger partial charge on any atom is 0.0812 e. The zero-order valence-electron chi connectivity index (χ0n) is 6.69. The number of nitrogens with zero attached hydrogens (tertiary/aromatic N) is 2. The van der Waals surface area contributed by atoms with Crippen LogP contribution in [-0.2, 0) is 0 Å². The van der Waals surface area contributed by atoms with Crippen LogP contribution in [0.25, 0.3) is 10.2 Å². The summed E-state index contributed by atoms with van der Waals surface area (Å²) in [6.45, 7) is 1.43. The first-order chi connectivity index (χ1) is 5.88. The molecule has 1 heterocycles. The van der Waals surface area contributed by atoms with Crippen molar-refractivity contribution in [1.82, 2.24) is 4.98 Å². The quantitative estimate of drug-likeness (QED) is 0.618. The smallest absolute Gasteiger partial charge is 0.0812 e. The molecule has 0 aliphatic heterocycles. The summed E-state index contributed by atoms with van der Waals surface area (Å²) in [5.41, 5.74) is 2.97. The van der Waals surface area contributed by atoms with Crippen molar-refractivity contribution >= 4 is 21.6 Å². The second-order valence-corrected chi connectivity index (χ2v) is 2.93. The number of hydrogen-bond acceptors (Lipinski definition) is 3. The van der Waals surface area contributed by atoms with Gasteiger partial charge in [0, 0.05) is 6.92 Å². The van der Waals surface area contributed by atoms with Gasteiger partial charge in [-0.05, 0) is 12.1 Å². The van der Waals surface area contributed by atoms with Gasteiger partial charge in [0.2, 0.25) is 0 Å². The fourth-order valence-corrected chi connectivity index (χ4v) is 1.48. The Morgan fingerprint density at radius 3 is 2.75 bits per heavy atom. The highest BCUT2D eigenvalue weighted by molar-refractivity contribution is 7.16. The fourth-order valence-electron chi connectivity index (χ4n) is 0.803. The molecule has 0 bridgehead atoms. The van der Waals surface area contributed by atoms with Gasteiger partial charge in [-0.15, -0.1) is 11.3 Å². The molecule has 0 aliphatic rings. The molecule has 2 rings (SSSR count). The summed E-state index contributed by atoms with van der Waals surface area (Å²) >= 11 is 1.68. The lowest BCUT2D eigenvalue weighted by Gasteiger charge is -1.80. The van der Waals surface area contributed by atoms with Gasteiger partial charge < -0.3 is 0 Å². The Kier molecular flexibility index (Phi) is 3.24. The Balaban J connectivity index is 0.000000213. The van der Waals surface area contributed by atoms with Crippen LogP contribution in [-0.4, -0.2) is 4.98 Å². The van der Waals surface area contributed by atoms with E-state index >= 15 is 0 Å². The summed E-state index contributed by atoms with van der Waals surface area (Å²) in [6, 6.07) is 9.88. The van der Waals surface area contributed by atoms with Crippen LogP contribution in [0.2, 0.25) is 0 Å². The van der Waals surface area contributed by atoms with Crippen molar-refractivity contribution in [2.24, 2.45) is 0 Å². The Morgan fingerprint density at radius 2 is 2.08 bits per heavy atom. The Hall–Kier alpha value is -1.40. The van der Waals surface area contributed by atoms with E-state index in [4.69, 9.17) is 5.26 Å². The first-order valence-corrected chi connectivity index (χ1v) is 4.35. The predicted octanol–water partition coefficient (Wildman–Crippen LogP) is 2.83. The molecule has 0 spiro atoms. The van der Waals surface area contributed by atoms with E-state index in [1.165, 1.54) is 11.6 Å². The van der Waals surface area contributed by atoms with Crippen molar-refractivity contribution in [2.45, 2.75) is 6.92 Å². The molecule has 0 amide bonds. The lowest BCUT2D eigenvalue weighted by molar-refractivity contribution is 1.49. The third-order valence-corrected chi connectivity index (χ3v) is 2.05. The molecule has 12 heavy (non-hydrogen) atoms. The summed E-state index contributed by atoms with van der Waals surface area (Å²) in [6.07, 6.45) is 0. The molecule has 1 aromatic carbocycles. The molecule has 0 fully saturated rings. The van der Waals surface area contributed by atoms with Crippen molar-refractivity contribution in [3.8, 4) is 6.07 Å². The molecule has 0 atom stereocenters. The molecule has 1 aromatic heterocycles. The fraction of sp³-hybridized carbons (Fsp3) is 0.111. The topological polar surface area (TPSA) is 36.7 Å². The van der Waals surface area contributed by atoms with E-state index in [9.17, 15) is 0 Å². The summed E-state index contributed by atoms with van der Waals surface area (Å²) < 4.78 is 1.26. The van der Waals surface area contributed by atoms with E-state index in [0.29, 0.717) is 0 Å². The molecule has 0 radical (unpaired) electrons. The van der Waals surface area contributed by atoms with E-state index in [1.807, 2.05) is 23.7 Å². The number of benzene rings is 1. The van der Waals surface area contributed by atoms with Gasteiger partial charge in [0.1, 0.15) is 0 Å². The lowest BCUT2D eigenvalue weighted by atomic mass is 10.3. The number of rotatable bonds is 0. The molecule has 3 heteroatoms. The van der Waals surface area contributed by atoms with E-state index in [2.05, 4.69) is 11.1 Å². The van der Waals surface area contributed by atoms with Gasteiger partial charge in [0.05, 0.1) is 21.8 Å². The third-order valence-electron chi connectivity index (χ3n) is 1.24. The maximum absolute atomic E-state index is 7.32. The van der Waals surface area contributed by atoms with Crippen molar-refractivity contribution in [2.75, 3.05) is 0 Å². The first-order valence-electron chi connectivity index (χ1n) is 3.47. The second kappa shape index (κ2) is 4.47. The molecular formula is C9H8N2S. The number of hydrogen-bond donors (Lipinski definition) is 0. The number of nitriles is 1. The average Bonchev–Trinajstić information content (AvgIpc) is 2.52. The molecule has 0 unspecified atom stereocenters. The highest BCUT2D eigenvalue weighted by Crippen LogP contribution is 2.15. The van der Waals surface area contributed by atoms with Crippen molar-refractivity contribution in [3.63, 3.8) is 0 Å². The summed E-state index contributed by atoms with van der Waals surface area (Å²) in [5.74, 6) is 0. The zero-order valence-corrected chi connectivity index (χ0v) is 7.51. The van der Waals surface area contributed by atoms with Crippen molar-refractivity contribution in [3.05, 3.63) is 29.8 Å². The predicted molar refractivity (Wildman–Crippen MR) is 50.9 cm³/mol. The molecule has 0 saturated carbocycles. The minimum atomic E-state index is 1.10. The number of para-hydroxylation sites is 1. The van der Waals surface area contributed by atoms with Crippen LogP contribution in [0.3, 0.4) is 0 Å². The number of aromatic nitrogens is 1. The van der Waals surface area contributed by atoms with Crippen LogP contribution < -0.4 is 0 Å². The number of thiazole rings is 1. The Morgan fingerprint density at radius 1 is 1.42 bits per heavy atom. The second-order valence-electron chi connectivity index (χ2n) is 2.04. The molecule has 60 valence electrons. The van der Waals surface area contributed by atoms with E-state index < -0.39 is 0 Å². The summed E-state index contributed by atoms with van der Waals surface area (Å²) in [4.78, 5) is 4.14.